The summed E-state index contributed by atoms with van der Waals surface area (Å²) in [6.07, 6.45) is 2.01. The van der Waals surface area contributed by atoms with Crippen LogP contribution in [-0.2, 0) is 11.3 Å². The number of hydrogen-bond donors (Lipinski definition) is 0. The molecule has 5 heteroatoms. The monoisotopic (exact) mass is 346 g/mol. The standard InChI is InChI=1S/C20H30N2O3/c1-20(2,3)25-19(23)22-12-10-18-16(14-22)9-11-21(18)13-15-5-7-17(24-4)8-6-15/h5-8,16,18H,9-14H2,1-4H3. The summed E-state index contributed by atoms with van der Waals surface area (Å²) >= 11 is 0. The van der Waals surface area contributed by atoms with Gasteiger partial charge >= 0.3 is 6.09 Å². The molecule has 0 saturated carbocycles. The molecule has 3 rings (SSSR count). The molecule has 0 spiro atoms. The molecule has 1 amide bonds. The molecule has 1 aromatic carbocycles. The zero-order chi connectivity index (χ0) is 18.0. The highest BCUT2D eigenvalue weighted by Gasteiger charge is 2.40. The first-order valence-electron chi connectivity index (χ1n) is 9.20. The molecule has 0 aromatic heterocycles. The number of benzene rings is 1. The van der Waals surface area contributed by atoms with Crippen molar-refractivity contribution in [3.8, 4) is 5.75 Å². The molecule has 0 aliphatic carbocycles. The van der Waals surface area contributed by atoms with E-state index < -0.39 is 5.60 Å². The van der Waals surface area contributed by atoms with Crippen LogP contribution in [0.2, 0.25) is 0 Å². The second-order valence-corrected chi connectivity index (χ2v) is 8.15. The van der Waals surface area contributed by atoms with Crippen molar-refractivity contribution in [2.24, 2.45) is 5.92 Å². The Kier molecular flexibility index (Phi) is 5.23. The molecule has 2 atom stereocenters. The lowest BCUT2D eigenvalue weighted by Crippen LogP contribution is -2.49. The third-order valence-electron chi connectivity index (χ3n) is 5.15. The number of piperidine rings is 1. The predicted octanol–water partition coefficient (Wildman–Crippen LogP) is 3.53. The van der Waals surface area contributed by atoms with Crippen LogP contribution < -0.4 is 4.74 Å². The summed E-state index contributed by atoms with van der Waals surface area (Å²) in [6.45, 7) is 9.44. The van der Waals surface area contributed by atoms with Crippen LogP contribution >= 0.6 is 0 Å². The maximum atomic E-state index is 12.3. The normalized spacial score (nSPS) is 24.1. The Hall–Kier alpha value is -1.75. The van der Waals surface area contributed by atoms with E-state index in [0.29, 0.717) is 12.0 Å². The van der Waals surface area contributed by atoms with Crippen molar-refractivity contribution in [1.82, 2.24) is 9.80 Å². The predicted molar refractivity (Wildman–Crippen MR) is 97.7 cm³/mol. The second-order valence-electron chi connectivity index (χ2n) is 8.15. The lowest BCUT2D eigenvalue weighted by molar-refractivity contribution is 0.0111. The van der Waals surface area contributed by atoms with E-state index in [1.807, 2.05) is 37.8 Å². The maximum absolute atomic E-state index is 12.3. The molecule has 1 aromatic rings. The van der Waals surface area contributed by atoms with Gasteiger partial charge < -0.3 is 14.4 Å². The van der Waals surface area contributed by atoms with Crippen LogP contribution in [0.1, 0.15) is 39.2 Å². The number of amides is 1. The van der Waals surface area contributed by atoms with Gasteiger partial charge in [-0.3, -0.25) is 4.90 Å². The van der Waals surface area contributed by atoms with Crippen molar-refractivity contribution in [2.75, 3.05) is 26.7 Å². The second kappa shape index (κ2) is 7.24. The highest BCUT2D eigenvalue weighted by Crippen LogP contribution is 2.33. The van der Waals surface area contributed by atoms with Gasteiger partial charge in [0.1, 0.15) is 11.4 Å². The van der Waals surface area contributed by atoms with Crippen LogP contribution in [0.15, 0.2) is 24.3 Å². The van der Waals surface area contributed by atoms with Gasteiger partial charge in [0.25, 0.3) is 0 Å². The molecule has 0 bridgehead atoms. The fraction of sp³-hybridized carbons (Fsp3) is 0.650. The largest absolute Gasteiger partial charge is 0.497 e. The molecule has 2 aliphatic rings. The summed E-state index contributed by atoms with van der Waals surface area (Å²) in [4.78, 5) is 16.8. The van der Waals surface area contributed by atoms with E-state index in [4.69, 9.17) is 9.47 Å². The summed E-state index contributed by atoms with van der Waals surface area (Å²) in [5.74, 6) is 1.45. The average molecular weight is 346 g/mol. The Labute approximate surface area is 150 Å². The zero-order valence-corrected chi connectivity index (χ0v) is 15.8. The molecule has 2 heterocycles. The Morgan fingerprint density at radius 3 is 2.52 bits per heavy atom. The van der Waals surface area contributed by atoms with Crippen LogP contribution in [0, 0.1) is 5.92 Å². The van der Waals surface area contributed by atoms with Crippen molar-refractivity contribution < 1.29 is 14.3 Å². The molecular weight excluding hydrogens is 316 g/mol. The first kappa shape index (κ1) is 18.1. The number of hydrogen-bond acceptors (Lipinski definition) is 4. The van der Waals surface area contributed by atoms with Gasteiger partial charge in [-0.1, -0.05) is 12.1 Å². The van der Waals surface area contributed by atoms with Crippen molar-refractivity contribution in [1.29, 1.82) is 0 Å². The third-order valence-corrected chi connectivity index (χ3v) is 5.15. The molecule has 2 saturated heterocycles. The van der Waals surface area contributed by atoms with Gasteiger partial charge in [-0.15, -0.1) is 0 Å². The van der Waals surface area contributed by atoms with E-state index in [0.717, 1.165) is 44.8 Å². The number of fused-ring (bicyclic) bond motifs is 1. The van der Waals surface area contributed by atoms with Crippen LogP contribution in [0.4, 0.5) is 4.79 Å². The molecule has 138 valence electrons. The third kappa shape index (κ3) is 4.46. The van der Waals surface area contributed by atoms with Gasteiger partial charge in [0.15, 0.2) is 0 Å². The number of nitrogens with zero attached hydrogens (tertiary/aromatic N) is 2. The Morgan fingerprint density at radius 2 is 1.88 bits per heavy atom. The van der Waals surface area contributed by atoms with Gasteiger partial charge in [0.05, 0.1) is 7.11 Å². The SMILES string of the molecule is COc1ccc(CN2CCC3CN(C(=O)OC(C)(C)C)CCC32)cc1. The van der Waals surface area contributed by atoms with Crippen LogP contribution in [0.3, 0.4) is 0 Å². The minimum atomic E-state index is -0.427. The minimum Gasteiger partial charge on any atom is -0.497 e. The first-order chi connectivity index (χ1) is 11.9. The van der Waals surface area contributed by atoms with Crippen molar-refractivity contribution in [2.45, 2.75) is 51.8 Å². The Bertz CT molecular complexity index is 594. The van der Waals surface area contributed by atoms with E-state index >= 15 is 0 Å². The molecule has 2 unspecified atom stereocenters. The first-order valence-corrected chi connectivity index (χ1v) is 9.20. The van der Waals surface area contributed by atoms with Gasteiger partial charge in [-0.2, -0.15) is 0 Å². The Balaban J connectivity index is 1.56. The lowest BCUT2D eigenvalue weighted by atomic mass is 9.93. The smallest absolute Gasteiger partial charge is 0.410 e. The van der Waals surface area contributed by atoms with E-state index in [1.165, 1.54) is 5.56 Å². The summed E-state index contributed by atoms with van der Waals surface area (Å²) in [7, 11) is 1.69. The van der Waals surface area contributed by atoms with Crippen molar-refractivity contribution >= 4 is 6.09 Å². The zero-order valence-electron chi connectivity index (χ0n) is 15.8. The number of carbonyl (C=O) groups is 1. The van der Waals surface area contributed by atoms with E-state index in [2.05, 4.69) is 17.0 Å². The minimum absolute atomic E-state index is 0.167. The number of likely N-dealkylation sites (tertiary alicyclic amines) is 2. The quantitative estimate of drug-likeness (QED) is 0.840. The van der Waals surface area contributed by atoms with E-state index in [-0.39, 0.29) is 6.09 Å². The summed E-state index contributed by atoms with van der Waals surface area (Å²) < 4.78 is 10.8. The number of methoxy groups -OCH3 is 1. The number of ether oxygens (including phenoxy) is 2. The molecule has 0 radical (unpaired) electrons. The average Bonchev–Trinajstić information content (AvgIpc) is 2.96. The van der Waals surface area contributed by atoms with Gasteiger partial charge in [0, 0.05) is 25.7 Å². The van der Waals surface area contributed by atoms with Crippen LogP contribution in [-0.4, -0.2) is 54.3 Å². The molecule has 25 heavy (non-hydrogen) atoms. The fourth-order valence-electron chi connectivity index (χ4n) is 3.94. The summed E-state index contributed by atoms with van der Waals surface area (Å²) in [5, 5.41) is 0. The van der Waals surface area contributed by atoms with Gasteiger partial charge in [0.2, 0.25) is 0 Å². The molecular formula is C20H30N2O3. The molecule has 2 fully saturated rings. The van der Waals surface area contributed by atoms with E-state index in [1.54, 1.807) is 7.11 Å². The fourth-order valence-corrected chi connectivity index (χ4v) is 3.94. The molecule has 5 nitrogen and oxygen atoms in total. The summed E-state index contributed by atoms with van der Waals surface area (Å²) in [5.41, 5.74) is 0.889. The van der Waals surface area contributed by atoms with E-state index in [9.17, 15) is 4.79 Å². The van der Waals surface area contributed by atoms with Crippen LogP contribution in [0.5, 0.6) is 5.75 Å². The van der Waals surface area contributed by atoms with Crippen molar-refractivity contribution in [3.05, 3.63) is 29.8 Å². The number of carbonyl (C=O) groups excluding carboxylic acids is 1. The maximum Gasteiger partial charge on any atom is 0.410 e. The number of rotatable bonds is 3. The Morgan fingerprint density at radius 1 is 1.16 bits per heavy atom. The van der Waals surface area contributed by atoms with Crippen LogP contribution in [0.25, 0.3) is 0 Å². The summed E-state index contributed by atoms with van der Waals surface area (Å²) in [6, 6.07) is 8.90. The molecule has 0 N–H and O–H groups in total. The highest BCUT2D eigenvalue weighted by atomic mass is 16.6. The van der Waals surface area contributed by atoms with Gasteiger partial charge in [-0.25, -0.2) is 4.79 Å². The van der Waals surface area contributed by atoms with Crippen molar-refractivity contribution in [3.63, 3.8) is 0 Å². The highest BCUT2D eigenvalue weighted by molar-refractivity contribution is 5.68. The topological polar surface area (TPSA) is 42.0 Å². The lowest BCUT2D eigenvalue weighted by Gasteiger charge is -2.38. The van der Waals surface area contributed by atoms with Gasteiger partial charge in [-0.05, 0) is 63.8 Å². The molecule has 2 aliphatic heterocycles.